The molecule has 0 N–H and O–H groups in total. The standard InChI is InChI=1S/C24H22ClN5O2/c1-2-14-32-24(31)19(16-26)22-23(28-21-9-4-3-8-20(21)27-22)30-12-10-29(11-13-30)18-7-5-6-17(25)15-18/h2-9,15,19H,1,10-14H2. The lowest BCUT2D eigenvalue weighted by atomic mass is 10.1. The zero-order chi connectivity index (χ0) is 22.5. The molecule has 1 aliphatic rings. The van der Waals surface area contributed by atoms with Gasteiger partial charge in [-0.05, 0) is 30.3 Å². The summed E-state index contributed by atoms with van der Waals surface area (Å²) in [6, 6.07) is 17.2. The highest BCUT2D eigenvalue weighted by Crippen LogP contribution is 2.29. The molecular formula is C24H22ClN5O2. The number of ether oxygens (including phenoxy) is 1. The van der Waals surface area contributed by atoms with Crippen molar-refractivity contribution in [2.75, 3.05) is 42.6 Å². The van der Waals surface area contributed by atoms with Crippen LogP contribution >= 0.6 is 11.6 Å². The van der Waals surface area contributed by atoms with Crippen molar-refractivity contribution in [1.82, 2.24) is 9.97 Å². The lowest BCUT2D eigenvalue weighted by Gasteiger charge is -2.37. The first-order chi connectivity index (χ1) is 15.6. The molecule has 2 aromatic carbocycles. The quantitative estimate of drug-likeness (QED) is 0.418. The summed E-state index contributed by atoms with van der Waals surface area (Å²) < 4.78 is 5.15. The number of esters is 1. The Hall–Kier alpha value is -3.63. The molecule has 4 rings (SSSR count). The summed E-state index contributed by atoms with van der Waals surface area (Å²) in [5.74, 6) is -1.29. The third-order valence-electron chi connectivity index (χ3n) is 5.31. The smallest absolute Gasteiger partial charge is 0.330 e. The Kier molecular flexibility index (Phi) is 6.52. The number of benzene rings is 2. The van der Waals surface area contributed by atoms with E-state index in [4.69, 9.17) is 21.3 Å². The number of anilines is 2. The van der Waals surface area contributed by atoms with Crippen LogP contribution in [0.5, 0.6) is 0 Å². The fourth-order valence-electron chi connectivity index (χ4n) is 3.73. The van der Waals surface area contributed by atoms with Crippen LogP contribution in [0.2, 0.25) is 5.02 Å². The molecule has 2 heterocycles. The summed E-state index contributed by atoms with van der Waals surface area (Å²) >= 11 is 6.15. The molecular weight excluding hydrogens is 426 g/mol. The van der Waals surface area contributed by atoms with Gasteiger partial charge in [-0.15, -0.1) is 0 Å². The van der Waals surface area contributed by atoms with Crippen LogP contribution in [0, 0.1) is 11.3 Å². The van der Waals surface area contributed by atoms with E-state index < -0.39 is 11.9 Å². The Morgan fingerprint density at radius 3 is 2.47 bits per heavy atom. The lowest BCUT2D eigenvalue weighted by molar-refractivity contribution is -0.142. The Morgan fingerprint density at radius 2 is 1.81 bits per heavy atom. The topological polar surface area (TPSA) is 82.3 Å². The molecule has 162 valence electrons. The molecule has 1 unspecified atom stereocenters. The molecule has 1 saturated heterocycles. The summed E-state index contributed by atoms with van der Waals surface area (Å²) in [6.45, 7) is 6.39. The van der Waals surface area contributed by atoms with Crippen molar-refractivity contribution in [3.63, 3.8) is 0 Å². The molecule has 32 heavy (non-hydrogen) atoms. The minimum atomic E-state index is -1.17. The maximum atomic E-state index is 12.6. The number of piperazine rings is 1. The highest BCUT2D eigenvalue weighted by molar-refractivity contribution is 6.30. The zero-order valence-corrected chi connectivity index (χ0v) is 18.2. The third-order valence-corrected chi connectivity index (χ3v) is 5.55. The number of rotatable bonds is 6. The van der Waals surface area contributed by atoms with E-state index in [2.05, 4.69) is 21.4 Å². The number of nitrogens with zero attached hydrogens (tertiary/aromatic N) is 5. The van der Waals surface area contributed by atoms with Crippen LogP contribution in [-0.4, -0.2) is 48.7 Å². The molecule has 1 aromatic heterocycles. The van der Waals surface area contributed by atoms with Gasteiger partial charge in [-0.3, -0.25) is 4.79 Å². The van der Waals surface area contributed by atoms with Crippen LogP contribution in [0.4, 0.5) is 11.5 Å². The number of fused-ring (bicyclic) bond motifs is 1. The van der Waals surface area contributed by atoms with E-state index >= 15 is 0 Å². The van der Waals surface area contributed by atoms with Crippen molar-refractivity contribution < 1.29 is 9.53 Å². The van der Waals surface area contributed by atoms with Crippen molar-refractivity contribution in [3.05, 3.63) is 71.9 Å². The third kappa shape index (κ3) is 4.51. The number of carbonyl (C=O) groups excluding carboxylic acids is 1. The number of halogens is 1. The molecule has 7 nitrogen and oxygen atoms in total. The van der Waals surface area contributed by atoms with Gasteiger partial charge in [0, 0.05) is 36.9 Å². The predicted molar refractivity (Wildman–Crippen MR) is 125 cm³/mol. The second-order valence-electron chi connectivity index (χ2n) is 7.36. The van der Waals surface area contributed by atoms with Crippen molar-refractivity contribution >= 4 is 40.1 Å². The molecule has 3 aromatic rings. The average Bonchev–Trinajstić information content (AvgIpc) is 2.83. The maximum Gasteiger partial charge on any atom is 0.330 e. The van der Waals surface area contributed by atoms with Gasteiger partial charge in [0.2, 0.25) is 0 Å². The molecule has 0 spiro atoms. The number of hydrogen-bond acceptors (Lipinski definition) is 7. The van der Waals surface area contributed by atoms with E-state index in [1.807, 2.05) is 54.6 Å². The lowest BCUT2D eigenvalue weighted by Crippen LogP contribution is -2.47. The van der Waals surface area contributed by atoms with Gasteiger partial charge in [0.05, 0.1) is 17.1 Å². The predicted octanol–water partition coefficient (Wildman–Crippen LogP) is 3.95. The van der Waals surface area contributed by atoms with Crippen LogP contribution in [0.15, 0.2) is 61.2 Å². The number of aromatic nitrogens is 2. The first-order valence-corrected chi connectivity index (χ1v) is 10.7. The molecule has 0 amide bonds. The van der Waals surface area contributed by atoms with Crippen LogP contribution < -0.4 is 9.80 Å². The van der Waals surface area contributed by atoms with E-state index in [-0.39, 0.29) is 6.61 Å². The van der Waals surface area contributed by atoms with Crippen LogP contribution in [0.3, 0.4) is 0 Å². The summed E-state index contributed by atoms with van der Waals surface area (Å²) in [6.07, 6.45) is 1.47. The van der Waals surface area contributed by atoms with E-state index in [9.17, 15) is 10.1 Å². The van der Waals surface area contributed by atoms with Gasteiger partial charge in [-0.1, -0.05) is 42.5 Å². The van der Waals surface area contributed by atoms with Gasteiger partial charge >= 0.3 is 5.97 Å². The molecule has 0 aliphatic carbocycles. The minimum absolute atomic E-state index is 0.0334. The number of nitriles is 1. The van der Waals surface area contributed by atoms with E-state index in [1.165, 1.54) is 6.08 Å². The Bertz CT molecular complexity index is 1180. The molecule has 0 radical (unpaired) electrons. The summed E-state index contributed by atoms with van der Waals surface area (Å²) in [5, 5.41) is 10.5. The van der Waals surface area contributed by atoms with E-state index in [1.54, 1.807) is 0 Å². The van der Waals surface area contributed by atoms with E-state index in [0.29, 0.717) is 40.7 Å². The second-order valence-corrected chi connectivity index (χ2v) is 7.79. The van der Waals surface area contributed by atoms with Crippen LogP contribution in [-0.2, 0) is 9.53 Å². The van der Waals surface area contributed by atoms with Gasteiger partial charge in [-0.2, -0.15) is 5.26 Å². The Labute approximate surface area is 191 Å². The van der Waals surface area contributed by atoms with Crippen molar-refractivity contribution in [2.24, 2.45) is 0 Å². The van der Waals surface area contributed by atoms with Gasteiger partial charge in [0.25, 0.3) is 0 Å². The minimum Gasteiger partial charge on any atom is -0.460 e. The van der Waals surface area contributed by atoms with Gasteiger partial charge in [-0.25, -0.2) is 9.97 Å². The first-order valence-electron chi connectivity index (χ1n) is 10.3. The summed E-state index contributed by atoms with van der Waals surface area (Å²) in [7, 11) is 0. The molecule has 1 aliphatic heterocycles. The second kappa shape index (κ2) is 9.67. The van der Waals surface area contributed by atoms with Gasteiger partial charge in [0.1, 0.15) is 12.3 Å². The number of carbonyl (C=O) groups is 1. The van der Waals surface area contributed by atoms with E-state index in [0.717, 1.165) is 18.8 Å². The van der Waals surface area contributed by atoms with Crippen LogP contribution in [0.1, 0.15) is 11.6 Å². The normalized spacial score (nSPS) is 14.6. The fourth-order valence-corrected chi connectivity index (χ4v) is 3.91. The Morgan fingerprint density at radius 1 is 1.12 bits per heavy atom. The number of para-hydroxylation sites is 2. The maximum absolute atomic E-state index is 12.6. The van der Waals surface area contributed by atoms with Crippen LogP contribution in [0.25, 0.3) is 11.0 Å². The number of hydrogen-bond donors (Lipinski definition) is 0. The van der Waals surface area contributed by atoms with Gasteiger partial charge < -0.3 is 14.5 Å². The molecule has 0 bridgehead atoms. The molecule has 1 atom stereocenters. The van der Waals surface area contributed by atoms with Gasteiger partial charge in [0.15, 0.2) is 11.7 Å². The largest absolute Gasteiger partial charge is 0.460 e. The zero-order valence-electron chi connectivity index (χ0n) is 17.4. The molecule has 8 heteroatoms. The highest BCUT2D eigenvalue weighted by atomic mass is 35.5. The summed E-state index contributed by atoms with van der Waals surface area (Å²) in [4.78, 5) is 26.3. The summed E-state index contributed by atoms with van der Waals surface area (Å²) in [5.41, 5.74) is 2.71. The highest BCUT2D eigenvalue weighted by Gasteiger charge is 2.31. The molecule has 1 fully saturated rings. The Balaban J connectivity index is 1.65. The monoisotopic (exact) mass is 447 g/mol. The first kappa shape index (κ1) is 21.6. The SMILES string of the molecule is C=CCOC(=O)C(C#N)c1nc2ccccc2nc1N1CCN(c2cccc(Cl)c2)CC1. The van der Waals surface area contributed by atoms with Crippen molar-refractivity contribution in [2.45, 2.75) is 5.92 Å². The molecule has 0 saturated carbocycles. The fraction of sp³-hybridized carbons (Fsp3) is 0.250. The average molecular weight is 448 g/mol. The van der Waals surface area contributed by atoms with Crippen molar-refractivity contribution in [3.8, 4) is 6.07 Å². The van der Waals surface area contributed by atoms with Crippen molar-refractivity contribution in [1.29, 1.82) is 5.26 Å².